The second kappa shape index (κ2) is 9.61. The van der Waals surface area contributed by atoms with Gasteiger partial charge in [0, 0.05) is 25.9 Å². The Morgan fingerprint density at radius 2 is 1.90 bits per heavy atom. The van der Waals surface area contributed by atoms with Crippen LogP contribution in [-0.2, 0) is 9.53 Å². The summed E-state index contributed by atoms with van der Waals surface area (Å²) in [6, 6.07) is 9.71. The van der Waals surface area contributed by atoms with Gasteiger partial charge in [-0.05, 0) is 24.0 Å². The van der Waals surface area contributed by atoms with Gasteiger partial charge in [-0.1, -0.05) is 32.0 Å². The minimum absolute atomic E-state index is 0. The number of hydrogen-bond acceptors (Lipinski definition) is 3. The number of anilines is 1. The van der Waals surface area contributed by atoms with E-state index in [1.54, 1.807) is 7.11 Å². The van der Waals surface area contributed by atoms with E-state index in [4.69, 9.17) is 4.74 Å². The van der Waals surface area contributed by atoms with Crippen molar-refractivity contribution < 1.29 is 9.53 Å². The van der Waals surface area contributed by atoms with Crippen LogP contribution in [0.1, 0.15) is 20.3 Å². The van der Waals surface area contributed by atoms with Crippen LogP contribution in [0.4, 0.5) is 5.69 Å². The topological polar surface area (TPSA) is 50.4 Å². The van der Waals surface area contributed by atoms with E-state index >= 15 is 0 Å². The maximum absolute atomic E-state index is 11.7. The first-order valence-electron chi connectivity index (χ1n) is 6.58. The van der Waals surface area contributed by atoms with E-state index in [1.165, 1.54) is 0 Å². The smallest absolute Gasteiger partial charge is 0.239 e. The Morgan fingerprint density at radius 1 is 1.25 bits per heavy atom. The van der Waals surface area contributed by atoms with Gasteiger partial charge in [0.05, 0.1) is 6.54 Å². The van der Waals surface area contributed by atoms with E-state index < -0.39 is 0 Å². The lowest BCUT2D eigenvalue weighted by molar-refractivity contribution is -0.119. The van der Waals surface area contributed by atoms with Gasteiger partial charge in [-0.15, -0.1) is 12.4 Å². The highest BCUT2D eigenvalue weighted by atomic mass is 35.5. The highest BCUT2D eigenvalue weighted by Gasteiger charge is 2.18. The fourth-order valence-electron chi connectivity index (χ4n) is 1.61. The molecule has 1 amide bonds. The van der Waals surface area contributed by atoms with E-state index in [9.17, 15) is 4.79 Å². The second-order valence-corrected chi connectivity index (χ2v) is 5.40. The lowest BCUT2D eigenvalue weighted by Crippen LogP contribution is -2.37. The van der Waals surface area contributed by atoms with Crippen LogP contribution in [0.15, 0.2) is 30.3 Å². The summed E-state index contributed by atoms with van der Waals surface area (Å²) >= 11 is 0. The quantitative estimate of drug-likeness (QED) is 0.776. The molecule has 0 aromatic heterocycles. The van der Waals surface area contributed by atoms with Crippen molar-refractivity contribution in [1.29, 1.82) is 0 Å². The number of halogens is 1. The van der Waals surface area contributed by atoms with Gasteiger partial charge < -0.3 is 15.4 Å². The summed E-state index contributed by atoms with van der Waals surface area (Å²) in [6.45, 7) is 5.91. The number of hydrogen-bond donors (Lipinski definition) is 2. The van der Waals surface area contributed by atoms with Crippen molar-refractivity contribution >= 4 is 24.0 Å². The van der Waals surface area contributed by atoms with Crippen LogP contribution in [0.5, 0.6) is 0 Å². The predicted octanol–water partition coefficient (Wildman–Crippen LogP) is 2.70. The van der Waals surface area contributed by atoms with Gasteiger partial charge in [-0.2, -0.15) is 0 Å². The molecule has 0 radical (unpaired) electrons. The van der Waals surface area contributed by atoms with E-state index in [0.717, 1.165) is 12.1 Å². The van der Waals surface area contributed by atoms with Crippen molar-refractivity contribution in [3.8, 4) is 0 Å². The Hall–Kier alpha value is -1.26. The molecule has 0 spiro atoms. The molecule has 114 valence electrons. The van der Waals surface area contributed by atoms with Gasteiger partial charge in [0.1, 0.15) is 0 Å². The molecule has 2 N–H and O–H groups in total. The van der Waals surface area contributed by atoms with Gasteiger partial charge in [0.25, 0.3) is 0 Å². The van der Waals surface area contributed by atoms with Crippen molar-refractivity contribution in [2.24, 2.45) is 5.41 Å². The summed E-state index contributed by atoms with van der Waals surface area (Å²) < 4.78 is 5.06. The molecule has 0 saturated heterocycles. The lowest BCUT2D eigenvalue weighted by Gasteiger charge is -2.24. The van der Waals surface area contributed by atoms with E-state index in [0.29, 0.717) is 19.7 Å². The van der Waals surface area contributed by atoms with Crippen LogP contribution < -0.4 is 10.6 Å². The number of carbonyl (C=O) groups excluding carboxylic acids is 1. The molecule has 0 atom stereocenters. The number of ether oxygens (including phenoxy) is 1. The Kier molecular flexibility index (Phi) is 9.01. The zero-order valence-electron chi connectivity index (χ0n) is 12.4. The minimum atomic E-state index is 0. The maximum Gasteiger partial charge on any atom is 0.239 e. The van der Waals surface area contributed by atoms with E-state index in [-0.39, 0.29) is 23.7 Å². The average Bonchev–Trinajstić information content (AvgIpc) is 2.42. The van der Waals surface area contributed by atoms with E-state index in [2.05, 4.69) is 24.5 Å². The van der Waals surface area contributed by atoms with Crippen LogP contribution in [0.2, 0.25) is 0 Å². The number of para-hydroxylation sites is 1. The van der Waals surface area contributed by atoms with Gasteiger partial charge in [0.2, 0.25) is 5.91 Å². The third kappa shape index (κ3) is 8.02. The Bertz CT molecular complexity index is 383. The third-order valence-corrected chi connectivity index (χ3v) is 2.97. The van der Waals surface area contributed by atoms with Gasteiger partial charge in [0.15, 0.2) is 0 Å². The second-order valence-electron chi connectivity index (χ2n) is 5.40. The number of amides is 1. The first-order valence-corrected chi connectivity index (χ1v) is 6.58. The van der Waals surface area contributed by atoms with Crippen molar-refractivity contribution in [2.45, 2.75) is 20.3 Å². The first-order chi connectivity index (χ1) is 9.03. The molecule has 0 saturated carbocycles. The van der Waals surface area contributed by atoms with Crippen LogP contribution in [0.25, 0.3) is 0 Å². The summed E-state index contributed by atoms with van der Waals surface area (Å²) in [7, 11) is 1.69. The predicted molar refractivity (Wildman–Crippen MR) is 85.5 cm³/mol. The van der Waals surface area contributed by atoms with Gasteiger partial charge in [-0.3, -0.25) is 4.79 Å². The standard InChI is InChI=1S/C15H24N2O2.ClH/c1-15(2,9-10-19-3)12-17-14(18)11-16-13-7-5-4-6-8-13;/h4-8,16H,9-12H2,1-3H3,(H,17,18);1H. The zero-order valence-corrected chi connectivity index (χ0v) is 13.3. The lowest BCUT2D eigenvalue weighted by atomic mass is 9.90. The minimum Gasteiger partial charge on any atom is -0.385 e. The van der Waals surface area contributed by atoms with Crippen molar-refractivity contribution in [2.75, 3.05) is 32.1 Å². The number of rotatable bonds is 8. The van der Waals surface area contributed by atoms with Gasteiger partial charge >= 0.3 is 0 Å². The molecule has 1 aromatic rings. The Labute approximate surface area is 127 Å². The summed E-state index contributed by atoms with van der Waals surface area (Å²) in [4.78, 5) is 11.7. The molecule has 5 heteroatoms. The average molecular weight is 301 g/mol. The van der Waals surface area contributed by atoms with E-state index in [1.807, 2.05) is 30.3 Å². The first kappa shape index (κ1) is 18.7. The van der Waals surface area contributed by atoms with Crippen molar-refractivity contribution in [1.82, 2.24) is 5.32 Å². The fraction of sp³-hybridized carbons (Fsp3) is 0.533. The monoisotopic (exact) mass is 300 g/mol. The number of methoxy groups -OCH3 is 1. The van der Waals surface area contributed by atoms with Crippen molar-refractivity contribution in [3.63, 3.8) is 0 Å². The molecule has 0 unspecified atom stereocenters. The van der Waals surface area contributed by atoms with Crippen LogP contribution in [0, 0.1) is 5.41 Å². The van der Waals surface area contributed by atoms with Crippen LogP contribution in [-0.4, -0.2) is 32.7 Å². The normalized spacial score (nSPS) is 10.6. The van der Waals surface area contributed by atoms with Gasteiger partial charge in [-0.25, -0.2) is 0 Å². The SMILES string of the molecule is COCCC(C)(C)CNC(=O)CNc1ccccc1.Cl. The van der Waals surface area contributed by atoms with Crippen LogP contribution in [0.3, 0.4) is 0 Å². The third-order valence-electron chi connectivity index (χ3n) is 2.97. The maximum atomic E-state index is 11.7. The Balaban J connectivity index is 0.00000361. The summed E-state index contributed by atoms with van der Waals surface area (Å²) in [5.74, 6) is 0.00865. The highest BCUT2D eigenvalue weighted by molar-refractivity contribution is 5.85. The summed E-state index contributed by atoms with van der Waals surface area (Å²) in [6.07, 6.45) is 0.926. The molecule has 0 heterocycles. The molecule has 4 nitrogen and oxygen atoms in total. The molecule has 0 aliphatic carbocycles. The molecule has 0 aliphatic heterocycles. The molecule has 0 aliphatic rings. The van der Waals surface area contributed by atoms with Crippen LogP contribution >= 0.6 is 12.4 Å². The largest absolute Gasteiger partial charge is 0.385 e. The number of benzene rings is 1. The molecule has 0 fully saturated rings. The molecule has 1 aromatic carbocycles. The van der Waals surface area contributed by atoms with Crippen molar-refractivity contribution in [3.05, 3.63) is 30.3 Å². The highest BCUT2D eigenvalue weighted by Crippen LogP contribution is 2.18. The fourth-order valence-corrected chi connectivity index (χ4v) is 1.61. The summed E-state index contributed by atoms with van der Waals surface area (Å²) in [5.41, 5.74) is 1.01. The molecular weight excluding hydrogens is 276 g/mol. The molecule has 0 bridgehead atoms. The number of carbonyl (C=O) groups is 1. The molecule has 1 rings (SSSR count). The zero-order chi connectivity index (χ0) is 14.1. The molecule has 20 heavy (non-hydrogen) atoms. The number of nitrogens with one attached hydrogen (secondary N) is 2. The molecular formula is C15H25ClN2O2. The Morgan fingerprint density at radius 3 is 2.50 bits per heavy atom. The summed E-state index contributed by atoms with van der Waals surface area (Å²) in [5, 5.41) is 6.03.